The maximum absolute atomic E-state index is 11.1. The van der Waals surface area contributed by atoms with Crippen molar-refractivity contribution in [2.75, 3.05) is 5.73 Å². The van der Waals surface area contributed by atoms with E-state index in [0.29, 0.717) is 10.2 Å². The van der Waals surface area contributed by atoms with Crippen molar-refractivity contribution >= 4 is 23.4 Å². The van der Waals surface area contributed by atoms with E-state index in [2.05, 4.69) is 15.0 Å². The van der Waals surface area contributed by atoms with E-state index in [1.165, 1.54) is 24.5 Å². The molecule has 0 unspecified atom stereocenters. The molecule has 0 fully saturated rings. The van der Waals surface area contributed by atoms with E-state index in [0.717, 1.165) is 11.8 Å². The Labute approximate surface area is 106 Å². The third-order valence-electron chi connectivity index (χ3n) is 2.02. The molecule has 0 aliphatic rings. The number of carbonyl (C=O) groups excluding carboxylic acids is 1. The predicted molar refractivity (Wildman–Crippen MR) is 66.1 cm³/mol. The summed E-state index contributed by atoms with van der Waals surface area (Å²) in [6, 6.07) is 2.75. The van der Waals surface area contributed by atoms with Gasteiger partial charge in [0.1, 0.15) is 5.03 Å². The van der Waals surface area contributed by atoms with Gasteiger partial charge in [0.25, 0.3) is 11.5 Å². The van der Waals surface area contributed by atoms with E-state index < -0.39 is 5.91 Å². The Balaban J connectivity index is 2.33. The van der Waals surface area contributed by atoms with Gasteiger partial charge in [-0.15, -0.1) is 0 Å². The quantitative estimate of drug-likeness (QED) is 0.668. The van der Waals surface area contributed by atoms with Gasteiger partial charge >= 0.3 is 0 Å². The van der Waals surface area contributed by atoms with Crippen LogP contribution in [0.2, 0.25) is 0 Å². The lowest BCUT2D eigenvalue weighted by molar-refractivity contribution is 0.100. The second kappa shape index (κ2) is 4.88. The van der Waals surface area contributed by atoms with Gasteiger partial charge in [-0.2, -0.15) is 0 Å². The molecular weight excluding hydrogens is 254 g/mol. The minimum Gasteiger partial charge on any atom is -0.397 e. The molecule has 0 aliphatic carbocycles. The maximum Gasteiger partial charge on any atom is 0.251 e. The Morgan fingerprint density at radius 3 is 2.83 bits per heavy atom. The fraction of sp³-hybridized carbons (Fsp3) is 0. The van der Waals surface area contributed by atoms with E-state index in [1.807, 2.05) is 0 Å². The molecule has 1 amide bonds. The van der Waals surface area contributed by atoms with Gasteiger partial charge < -0.3 is 16.5 Å². The van der Waals surface area contributed by atoms with Crippen molar-refractivity contribution in [3.8, 4) is 0 Å². The number of amides is 1. The van der Waals surface area contributed by atoms with Crippen LogP contribution in [0.5, 0.6) is 0 Å². The van der Waals surface area contributed by atoms with E-state index in [1.54, 1.807) is 0 Å². The first kappa shape index (κ1) is 12.1. The van der Waals surface area contributed by atoms with Gasteiger partial charge in [0.05, 0.1) is 17.4 Å². The fourth-order valence-electron chi connectivity index (χ4n) is 1.22. The number of primary amides is 1. The number of H-pyrrole nitrogens is 1. The summed E-state index contributed by atoms with van der Waals surface area (Å²) in [4.78, 5) is 32.7. The molecule has 7 nitrogen and oxygen atoms in total. The molecule has 0 bridgehead atoms. The molecule has 2 rings (SSSR count). The highest BCUT2D eigenvalue weighted by Crippen LogP contribution is 2.24. The molecule has 5 N–H and O–H groups in total. The summed E-state index contributed by atoms with van der Waals surface area (Å²) in [5.41, 5.74) is 10.9. The van der Waals surface area contributed by atoms with Gasteiger partial charge in [0.2, 0.25) is 0 Å². The summed E-state index contributed by atoms with van der Waals surface area (Å²) < 4.78 is 0. The second-order valence-electron chi connectivity index (χ2n) is 3.32. The van der Waals surface area contributed by atoms with Crippen LogP contribution in [-0.2, 0) is 0 Å². The lowest BCUT2D eigenvalue weighted by atomic mass is 10.2. The number of aromatic amines is 1. The van der Waals surface area contributed by atoms with E-state index in [-0.39, 0.29) is 16.8 Å². The van der Waals surface area contributed by atoms with Crippen molar-refractivity contribution in [3.63, 3.8) is 0 Å². The van der Waals surface area contributed by atoms with Gasteiger partial charge in [-0.1, -0.05) is 0 Å². The number of hydrogen-bond acceptors (Lipinski definition) is 6. The number of rotatable bonds is 3. The Kier molecular flexibility index (Phi) is 3.28. The zero-order chi connectivity index (χ0) is 13.1. The molecule has 8 heteroatoms. The molecule has 2 aromatic heterocycles. The number of nitrogens with zero attached hydrogens (tertiary/aromatic N) is 2. The average Bonchev–Trinajstić information content (AvgIpc) is 2.31. The fourth-order valence-corrected chi connectivity index (χ4v) is 1.96. The van der Waals surface area contributed by atoms with Crippen LogP contribution >= 0.6 is 11.8 Å². The number of nitrogens with two attached hydrogens (primary N) is 2. The summed E-state index contributed by atoms with van der Waals surface area (Å²) >= 11 is 1.10. The normalized spacial score (nSPS) is 10.2. The third-order valence-corrected chi connectivity index (χ3v) is 2.86. The monoisotopic (exact) mass is 263 g/mol. The average molecular weight is 263 g/mol. The summed E-state index contributed by atoms with van der Waals surface area (Å²) in [5, 5.41) is 0.836. The van der Waals surface area contributed by atoms with Crippen LogP contribution in [-0.4, -0.2) is 20.9 Å². The van der Waals surface area contributed by atoms with Crippen molar-refractivity contribution < 1.29 is 4.79 Å². The van der Waals surface area contributed by atoms with Crippen LogP contribution in [0.1, 0.15) is 10.4 Å². The summed E-state index contributed by atoms with van der Waals surface area (Å²) in [7, 11) is 0. The highest BCUT2D eigenvalue weighted by atomic mass is 32.2. The molecule has 0 saturated carbocycles. The van der Waals surface area contributed by atoms with Gasteiger partial charge in [0, 0.05) is 12.3 Å². The number of hydrogen-bond donors (Lipinski definition) is 3. The first-order valence-corrected chi connectivity index (χ1v) is 5.66. The van der Waals surface area contributed by atoms with Gasteiger partial charge in [0.15, 0.2) is 5.16 Å². The highest BCUT2D eigenvalue weighted by Gasteiger charge is 2.09. The van der Waals surface area contributed by atoms with Crippen molar-refractivity contribution in [1.29, 1.82) is 0 Å². The molecule has 0 saturated heterocycles. The number of aromatic nitrogens is 3. The standard InChI is InChI=1S/C10H9N5O2S/c11-6-4-14-8(3-5(6)9(12)17)18-10-13-2-1-7(16)15-10/h1-4H,11H2,(H2,12,17)(H,13,15,16). The van der Waals surface area contributed by atoms with Crippen LogP contribution in [0.15, 0.2) is 39.5 Å². The summed E-state index contributed by atoms with van der Waals surface area (Å²) in [6.07, 6.45) is 2.72. The molecular formula is C10H9N5O2S. The first-order chi connectivity index (χ1) is 8.56. The topological polar surface area (TPSA) is 128 Å². The van der Waals surface area contributed by atoms with Gasteiger partial charge in [-0.05, 0) is 17.8 Å². The van der Waals surface area contributed by atoms with Crippen LogP contribution < -0.4 is 17.0 Å². The van der Waals surface area contributed by atoms with Crippen LogP contribution in [0.4, 0.5) is 5.69 Å². The van der Waals surface area contributed by atoms with Gasteiger partial charge in [-0.3, -0.25) is 9.59 Å². The smallest absolute Gasteiger partial charge is 0.251 e. The Morgan fingerprint density at radius 2 is 2.17 bits per heavy atom. The Morgan fingerprint density at radius 1 is 1.39 bits per heavy atom. The lowest BCUT2D eigenvalue weighted by Gasteiger charge is -2.04. The zero-order valence-corrected chi connectivity index (χ0v) is 9.90. The highest BCUT2D eigenvalue weighted by molar-refractivity contribution is 7.99. The molecule has 92 valence electrons. The lowest BCUT2D eigenvalue weighted by Crippen LogP contribution is -2.14. The molecule has 18 heavy (non-hydrogen) atoms. The molecule has 0 radical (unpaired) electrons. The molecule has 0 aromatic carbocycles. The Bertz CT molecular complexity index is 655. The number of pyridine rings is 1. The summed E-state index contributed by atoms with van der Waals surface area (Å²) in [5.74, 6) is -0.633. The van der Waals surface area contributed by atoms with Crippen LogP contribution in [0.3, 0.4) is 0 Å². The minimum atomic E-state index is -0.633. The van der Waals surface area contributed by atoms with E-state index in [4.69, 9.17) is 11.5 Å². The number of nitrogens with one attached hydrogen (secondary N) is 1. The number of carbonyl (C=O) groups is 1. The van der Waals surface area contributed by atoms with Gasteiger partial charge in [-0.25, -0.2) is 9.97 Å². The van der Waals surface area contributed by atoms with Crippen molar-refractivity contribution in [2.45, 2.75) is 10.2 Å². The molecule has 0 atom stereocenters. The molecule has 2 aromatic rings. The minimum absolute atomic E-state index is 0.186. The molecule has 0 aliphatic heterocycles. The van der Waals surface area contributed by atoms with Crippen LogP contribution in [0, 0.1) is 0 Å². The maximum atomic E-state index is 11.1. The third kappa shape index (κ3) is 2.66. The van der Waals surface area contributed by atoms with E-state index in [9.17, 15) is 9.59 Å². The number of anilines is 1. The largest absolute Gasteiger partial charge is 0.397 e. The Hall–Kier alpha value is -2.35. The van der Waals surface area contributed by atoms with Crippen LogP contribution in [0.25, 0.3) is 0 Å². The second-order valence-corrected chi connectivity index (χ2v) is 4.32. The predicted octanol–water partition coefficient (Wildman–Crippen LogP) is -0.00280. The SMILES string of the molecule is NC(=O)c1cc(Sc2nccc(=O)[nH]2)ncc1N. The first-order valence-electron chi connectivity index (χ1n) is 4.85. The zero-order valence-electron chi connectivity index (χ0n) is 9.08. The van der Waals surface area contributed by atoms with Crippen molar-refractivity contribution in [3.05, 3.63) is 40.4 Å². The van der Waals surface area contributed by atoms with Crippen molar-refractivity contribution in [2.24, 2.45) is 5.73 Å². The molecule has 2 heterocycles. The van der Waals surface area contributed by atoms with E-state index >= 15 is 0 Å². The summed E-state index contributed by atoms with van der Waals surface area (Å²) in [6.45, 7) is 0. The molecule has 0 spiro atoms. The number of nitrogen functional groups attached to an aromatic ring is 1. The van der Waals surface area contributed by atoms with Crippen molar-refractivity contribution in [1.82, 2.24) is 15.0 Å².